The second-order valence-electron chi connectivity index (χ2n) is 6.52. The summed E-state index contributed by atoms with van der Waals surface area (Å²) in [5, 5.41) is 10.6. The minimum atomic E-state index is -1.43. The molecule has 1 aliphatic rings. The molecule has 0 heterocycles. The zero-order chi connectivity index (χ0) is 17.2. The molecule has 122 valence electrons. The highest BCUT2D eigenvalue weighted by molar-refractivity contribution is 6.04. The van der Waals surface area contributed by atoms with Gasteiger partial charge in [0.05, 0.1) is 17.4 Å². The molecule has 1 fully saturated rings. The average Bonchev–Trinajstić information content (AvgIpc) is 2.43. The summed E-state index contributed by atoms with van der Waals surface area (Å²) in [5.41, 5.74) is -0.518. The van der Waals surface area contributed by atoms with Crippen molar-refractivity contribution in [3.63, 3.8) is 0 Å². The molecule has 1 aromatic rings. The molecule has 4 nitrogen and oxygen atoms in total. The fourth-order valence-electron chi connectivity index (χ4n) is 3.61. The van der Waals surface area contributed by atoms with E-state index in [1.165, 1.54) is 20.8 Å². The predicted molar refractivity (Wildman–Crippen MR) is 87.6 cm³/mol. The first-order chi connectivity index (χ1) is 10.7. The number of aliphatic hydroxyl groups is 1. The number of allylic oxidation sites excluding steroid dienone is 1. The van der Waals surface area contributed by atoms with Crippen molar-refractivity contribution in [2.45, 2.75) is 32.8 Å². The summed E-state index contributed by atoms with van der Waals surface area (Å²) < 4.78 is 0. The second-order valence-corrected chi connectivity index (χ2v) is 6.52. The number of hydrogen-bond donors (Lipinski definition) is 1. The molecule has 4 heteroatoms. The number of hydrogen-bond acceptors (Lipinski definition) is 4. The molecule has 1 N–H and O–H groups in total. The number of benzene rings is 1. The maximum absolute atomic E-state index is 12.3. The standard InChI is InChI=1S/C19H22O4/c1-12(20)17-15(10-9-14-7-5-4-6-8-14)18(13(2)21)19(3,23)11-16(17)22/h4-10,15,17-18,23H,11H2,1-3H3/b10-9+/t15-,17-,18-,19-/m1/s1. The normalized spacial score (nSPS) is 31.3. The molecule has 1 aromatic carbocycles. The van der Waals surface area contributed by atoms with Crippen LogP contribution in [0.3, 0.4) is 0 Å². The van der Waals surface area contributed by atoms with Gasteiger partial charge in [-0.05, 0) is 26.3 Å². The van der Waals surface area contributed by atoms with Gasteiger partial charge in [-0.15, -0.1) is 0 Å². The Morgan fingerprint density at radius 3 is 2.30 bits per heavy atom. The van der Waals surface area contributed by atoms with Crippen molar-refractivity contribution in [1.29, 1.82) is 0 Å². The summed E-state index contributed by atoms with van der Waals surface area (Å²) in [6.45, 7) is 4.26. The zero-order valence-corrected chi connectivity index (χ0v) is 13.7. The molecule has 2 rings (SSSR count). The van der Waals surface area contributed by atoms with Gasteiger partial charge in [0.2, 0.25) is 0 Å². The molecule has 0 aliphatic heterocycles. The van der Waals surface area contributed by atoms with Crippen LogP contribution in [0.5, 0.6) is 0 Å². The molecule has 0 spiro atoms. The molecular formula is C19H22O4. The predicted octanol–water partition coefficient (Wildman–Crippen LogP) is 2.45. The van der Waals surface area contributed by atoms with Crippen molar-refractivity contribution in [3.8, 4) is 0 Å². The van der Waals surface area contributed by atoms with Crippen LogP contribution in [-0.4, -0.2) is 28.1 Å². The van der Waals surface area contributed by atoms with Crippen LogP contribution in [0.4, 0.5) is 0 Å². The Morgan fingerprint density at radius 1 is 1.17 bits per heavy atom. The summed E-state index contributed by atoms with van der Waals surface area (Å²) in [7, 11) is 0. The maximum atomic E-state index is 12.3. The third-order valence-electron chi connectivity index (χ3n) is 4.51. The lowest BCUT2D eigenvalue weighted by molar-refractivity contribution is -0.153. The second kappa shape index (κ2) is 6.59. The lowest BCUT2D eigenvalue weighted by Crippen LogP contribution is -2.54. The molecule has 0 amide bonds. The van der Waals surface area contributed by atoms with E-state index in [4.69, 9.17) is 0 Å². The highest BCUT2D eigenvalue weighted by atomic mass is 16.3. The minimum Gasteiger partial charge on any atom is -0.389 e. The molecule has 1 saturated carbocycles. The molecule has 4 atom stereocenters. The van der Waals surface area contributed by atoms with E-state index in [9.17, 15) is 19.5 Å². The largest absolute Gasteiger partial charge is 0.389 e. The van der Waals surface area contributed by atoms with Gasteiger partial charge >= 0.3 is 0 Å². The van der Waals surface area contributed by atoms with Crippen molar-refractivity contribution >= 4 is 23.4 Å². The van der Waals surface area contributed by atoms with E-state index in [1.807, 2.05) is 30.3 Å². The Hall–Kier alpha value is -2.07. The van der Waals surface area contributed by atoms with E-state index in [-0.39, 0.29) is 23.8 Å². The van der Waals surface area contributed by atoms with Gasteiger partial charge < -0.3 is 5.11 Å². The van der Waals surface area contributed by atoms with Crippen LogP contribution in [0.25, 0.3) is 6.08 Å². The monoisotopic (exact) mass is 314 g/mol. The Morgan fingerprint density at radius 2 is 1.78 bits per heavy atom. The van der Waals surface area contributed by atoms with Gasteiger partial charge in [-0.1, -0.05) is 42.5 Å². The van der Waals surface area contributed by atoms with Crippen LogP contribution in [0.2, 0.25) is 0 Å². The average molecular weight is 314 g/mol. The summed E-state index contributed by atoms with van der Waals surface area (Å²) in [6, 6.07) is 9.44. The molecule has 1 aliphatic carbocycles. The van der Waals surface area contributed by atoms with Crippen LogP contribution >= 0.6 is 0 Å². The van der Waals surface area contributed by atoms with Crippen molar-refractivity contribution in [2.24, 2.45) is 17.8 Å². The Bertz CT molecular complexity index is 643. The lowest BCUT2D eigenvalue weighted by Gasteiger charge is -2.42. The number of carbonyl (C=O) groups is 3. The highest BCUT2D eigenvalue weighted by Crippen LogP contribution is 2.41. The van der Waals surface area contributed by atoms with Crippen molar-refractivity contribution < 1.29 is 19.5 Å². The van der Waals surface area contributed by atoms with Crippen LogP contribution in [0, 0.1) is 17.8 Å². The first-order valence-corrected chi connectivity index (χ1v) is 7.73. The van der Waals surface area contributed by atoms with Crippen molar-refractivity contribution in [3.05, 3.63) is 42.0 Å². The van der Waals surface area contributed by atoms with E-state index in [2.05, 4.69) is 0 Å². The SMILES string of the molecule is CC(=O)[C@H]1C(=O)C[C@@](C)(O)[C@H](C(C)=O)[C@@H]1/C=C/c1ccccc1. The van der Waals surface area contributed by atoms with E-state index >= 15 is 0 Å². The first-order valence-electron chi connectivity index (χ1n) is 7.73. The minimum absolute atomic E-state index is 0.169. The van der Waals surface area contributed by atoms with E-state index in [1.54, 1.807) is 12.2 Å². The number of carbonyl (C=O) groups excluding carboxylic acids is 3. The maximum Gasteiger partial charge on any atom is 0.146 e. The van der Waals surface area contributed by atoms with E-state index < -0.39 is 23.4 Å². The quantitative estimate of drug-likeness (QED) is 0.867. The van der Waals surface area contributed by atoms with Gasteiger partial charge in [-0.3, -0.25) is 14.4 Å². The van der Waals surface area contributed by atoms with E-state index in [0.29, 0.717) is 0 Å². The molecule has 0 radical (unpaired) electrons. The van der Waals surface area contributed by atoms with Gasteiger partial charge in [-0.25, -0.2) is 0 Å². The molecule has 0 saturated heterocycles. The van der Waals surface area contributed by atoms with Crippen LogP contribution in [-0.2, 0) is 14.4 Å². The van der Waals surface area contributed by atoms with Crippen LogP contribution < -0.4 is 0 Å². The Labute approximate surface area is 136 Å². The van der Waals surface area contributed by atoms with E-state index in [0.717, 1.165) is 5.56 Å². The zero-order valence-electron chi connectivity index (χ0n) is 13.7. The first kappa shape index (κ1) is 17.3. The topological polar surface area (TPSA) is 71.4 Å². The molecule has 0 unspecified atom stereocenters. The number of Topliss-reactive ketones (excluding diaryl/α,β-unsaturated/α-hetero) is 3. The van der Waals surface area contributed by atoms with Crippen molar-refractivity contribution in [1.82, 2.24) is 0 Å². The summed E-state index contributed by atoms with van der Waals surface area (Å²) in [6.07, 6.45) is 3.35. The van der Waals surface area contributed by atoms with Gasteiger partial charge in [0.15, 0.2) is 0 Å². The smallest absolute Gasteiger partial charge is 0.146 e. The summed E-state index contributed by atoms with van der Waals surface area (Å²) in [5.74, 6) is -3.04. The Balaban J connectivity index is 2.45. The van der Waals surface area contributed by atoms with Crippen molar-refractivity contribution in [2.75, 3.05) is 0 Å². The number of ketones is 3. The van der Waals surface area contributed by atoms with Gasteiger partial charge in [0, 0.05) is 12.3 Å². The lowest BCUT2D eigenvalue weighted by atomic mass is 9.61. The van der Waals surface area contributed by atoms with Gasteiger partial charge in [-0.2, -0.15) is 0 Å². The molecule has 0 aromatic heterocycles. The van der Waals surface area contributed by atoms with Crippen LogP contribution in [0.15, 0.2) is 36.4 Å². The molecule has 0 bridgehead atoms. The fourth-order valence-corrected chi connectivity index (χ4v) is 3.61. The highest BCUT2D eigenvalue weighted by Gasteiger charge is 2.52. The fraction of sp³-hybridized carbons (Fsp3) is 0.421. The third-order valence-corrected chi connectivity index (χ3v) is 4.51. The third kappa shape index (κ3) is 3.64. The summed E-state index contributed by atoms with van der Waals surface area (Å²) >= 11 is 0. The number of rotatable bonds is 4. The molecule has 23 heavy (non-hydrogen) atoms. The molecular weight excluding hydrogens is 292 g/mol. The van der Waals surface area contributed by atoms with Crippen LogP contribution in [0.1, 0.15) is 32.8 Å². The summed E-state index contributed by atoms with van der Waals surface area (Å²) in [4.78, 5) is 36.4. The Kier molecular flexibility index (Phi) is 4.95. The van der Waals surface area contributed by atoms with Gasteiger partial charge in [0.25, 0.3) is 0 Å². The van der Waals surface area contributed by atoms with Gasteiger partial charge in [0.1, 0.15) is 17.3 Å².